The van der Waals surface area contributed by atoms with Gasteiger partial charge in [-0.05, 0) is 31.4 Å². The summed E-state index contributed by atoms with van der Waals surface area (Å²) in [6, 6.07) is 6.72. The Morgan fingerprint density at radius 2 is 2.11 bits per heavy atom. The molecule has 0 unspecified atom stereocenters. The maximum absolute atomic E-state index is 14.6. The quantitative estimate of drug-likeness (QED) is 0.524. The van der Waals surface area contributed by atoms with Gasteiger partial charge in [-0.2, -0.15) is 5.10 Å². The Kier molecular flexibility index (Phi) is 8.54. The number of carbonyl (C=O) groups excluding carboxylic acids is 1. The summed E-state index contributed by atoms with van der Waals surface area (Å²) in [6.07, 6.45) is 4.19. The summed E-state index contributed by atoms with van der Waals surface area (Å²) in [5.41, 5.74) is 1.68. The number of benzene rings is 1. The van der Waals surface area contributed by atoms with E-state index in [0.29, 0.717) is 17.9 Å². The molecule has 0 aliphatic heterocycles. The molecule has 0 atom stereocenters. The largest absolute Gasteiger partial charge is 0.491 e. The van der Waals surface area contributed by atoms with E-state index in [4.69, 9.17) is 4.74 Å². The molecule has 28 heavy (non-hydrogen) atoms. The number of ether oxygens (including phenoxy) is 1. The SMILES string of the molecule is CCC#CCCCCOc1cccc(CNC(=O)c2cc(CC)nn2C)c1F. The Bertz CT molecular complexity index is 849. The van der Waals surface area contributed by atoms with Crippen LogP contribution in [0.5, 0.6) is 5.75 Å². The molecule has 2 rings (SSSR count). The second kappa shape index (κ2) is 11.1. The fourth-order valence-electron chi connectivity index (χ4n) is 2.69. The van der Waals surface area contributed by atoms with Gasteiger partial charge in [0.15, 0.2) is 11.6 Å². The Morgan fingerprint density at radius 3 is 2.82 bits per heavy atom. The molecule has 1 aromatic carbocycles. The van der Waals surface area contributed by atoms with Crippen molar-refractivity contribution >= 4 is 5.91 Å². The van der Waals surface area contributed by atoms with Crippen LogP contribution in [0.3, 0.4) is 0 Å². The topological polar surface area (TPSA) is 56.1 Å². The van der Waals surface area contributed by atoms with Crippen LogP contribution >= 0.6 is 0 Å². The number of rotatable bonds is 9. The third-order valence-corrected chi connectivity index (χ3v) is 4.26. The molecule has 150 valence electrons. The van der Waals surface area contributed by atoms with E-state index in [2.05, 4.69) is 22.3 Å². The second-order valence-corrected chi connectivity index (χ2v) is 6.42. The first-order valence-corrected chi connectivity index (χ1v) is 9.73. The van der Waals surface area contributed by atoms with Crippen molar-refractivity contribution in [2.45, 2.75) is 52.5 Å². The number of aromatic nitrogens is 2. The Morgan fingerprint density at radius 1 is 1.29 bits per heavy atom. The number of amides is 1. The molecule has 0 radical (unpaired) electrons. The van der Waals surface area contributed by atoms with Gasteiger partial charge in [-0.25, -0.2) is 4.39 Å². The summed E-state index contributed by atoms with van der Waals surface area (Å²) in [7, 11) is 1.72. The number of carbonyl (C=O) groups is 1. The zero-order chi connectivity index (χ0) is 20.4. The van der Waals surface area contributed by atoms with Crippen molar-refractivity contribution in [3.05, 3.63) is 47.0 Å². The van der Waals surface area contributed by atoms with Gasteiger partial charge in [0.1, 0.15) is 5.69 Å². The van der Waals surface area contributed by atoms with Gasteiger partial charge in [0.25, 0.3) is 5.91 Å². The van der Waals surface area contributed by atoms with Crippen molar-refractivity contribution in [2.75, 3.05) is 6.61 Å². The monoisotopic (exact) mass is 385 g/mol. The van der Waals surface area contributed by atoms with Crippen LogP contribution in [0.4, 0.5) is 4.39 Å². The average molecular weight is 385 g/mol. The van der Waals surface area contributed by atoms with Gasteiger partial charge < -0.3 is 10.1 Å². The molecular weight excluding hydrogens is 357 g/mol. The molecule has 0 aliphatic carbocycles. The molecule has 1 N–H and O–H groups in total. The number of hydrogen-bond donors (Lipinski definition) is 1. The number of hydrogen-bond acceptors (Lipinski definition) is 3. The molecule has 1 aromatic heterocycles. The zero-order valence-corrected chi connectivity index (χ0v) is 16.8. The Balaban J connectivity index is 1.88. The molecule has 0 bridgehead atoms. The van der Waals surface area contributed by atoms with E-state index in [-0.39, 0.29) is 18.2 Å². The van der Waals surface area contributed by atoms with Crippen LogP contribution in [-0.2, 0) is 20.0 Å². The summed E-state index contributed by atoms with van der Waals surface area (Å²) in [5, 5.41) is 7.00. The molecule has 0 spiro atoms. The van der Waals surface area contributed by atoms with Gasteiger partial charge in [0, 0.05) is 32.0 Å². The number of nitrogens with one attached hydrogen (secondary N) is 1. The highest BCUT2D eigenvalue weighted by atomic mass is 19.1. The van der Waals surface area contributed by atoms with Crippen LogP contribution in [0.15, 0.2) is 24.3 Å². The molecule has 1 amide bonds. The van der Waals surface area contributed by atoms with Gasteiger partial charge in [-0.15, -0.1) is 11.8 Å². The minimum atomic E-state index is -0.437. The smallest absolute Gasteiger partial charge is 0.269 e. The lowest BCUT2D eigenvalue weighted by Crippen LogP contribution is -2.25. The van der Waals surface area contributed by atoms with Crippen molar-refractivity contribution in [1.29, 1.82) is 0 Å². The van der Waals surface area contributed by atoms with Crippen LogP contribution in [0.2, 0.25) is 0 Å². The summed E-state index contributed by atoms with van der Waals surface area (Å²) in [4.78, 5) is 12.3. The van der Waals surface area contributed by atoms with Crippen LogP contribution in [0.25, 0.3) is 0 Å². The molecule has 6 heteroatoms. The third-order valence-electron chi connectivity index (χ3n) is 4.26. The third kappa shape index (κ3) is 6.12. The molecule has 0 fully saturated rings. The van der Waals surface area contributed by atoms with Crippen LogP contribution in [-0.4, -0.2) is 22.3 Å². The van der Waals surface area contributed by atoms with Gasteiger partial charge >= 0.3 is 0 Å². The molecule has 1 heterocycles. The van der Waals surface area contributed by atoms with Gasteiger partial charge in [-0.1, -0.05) is 26.0 Å². The highest BCUT2D eigenvalue weighted by molar-refractivity contribution is 5.92. The predicted molar refractivity (Wildman–Crippen MR) is 108 cm³/mol. The zero-order valence-electron chi connectivity index (χ0n) is 16.8. The van der Waals surface area contributed by atoms with Crippen LogP contribution < -0.4 is 10.1 Å². The Hall–Kier alpha value is -2.81. The first-order valence-electron chi connectivity index (χ1n) is 9.73. The lowest BCUT2D eigenvalue weighted by Gasteiger charge is -2.11. The minimum absolute atomic E-state index is 0.0844. The van der Waals surface area contributed by atoms with E-state index < -0.39 is 5.82 Å². The fourth-order valence-corrected chi connectivity index (χ4v) is 2.69. The minimum Gasteiger partial charge on any atom is -0.491 e. The van der Waals surface area contributed by atoms with E-state index in [1.807, 2.05) is 13.8 Å². The van der Waals surface area contributed by atoms with Crippen LogP contribution in [0, 0.1) is 17.7 Å². The summed E-state index contributed by atoms with van der Waals surface area (Å²) < 4.78 is 21.7. The maximum atomic E-state index is 14.6. The summed E-state index contributed by atoms with van der Waals surface area (Å²) in [6.45, 7) is 4.52. The van der Waals surface area contributed by atoms with Crippen molar-refractivity contribution in [3.63, 3.8) is 0 Å². The molecular formula is C22H28FN3O2. The lowest BCUT2D eigenvalue weighted by molar-refractivity contribution is 0.0941. The standard InChI is InChI=1S/C22H28FN3O2/c1-4-6-7-8-9-10-14-28-20-13-11-12-17(21(20)23)16-24-22(27)19-15-18(5-2)25-26(19)3/h11-13,15H,4-5,8-10,14,16H2,1-3H3,(H,24,27). The van der Waals surface area contributed by atoms with E-state index in [0.717, 1.165) is 37.8 Å². The predicted octanol–water partition coefficient (Wildman–Crippen LogP) is 4.01. The average Bonchev–Trinajstić information content (AvgIpc) is 3.08. The van der Waals surface area contributed by atoms with Crippen molar-refractivity contribution in [2.24, 2.45) is 7.05 Å². The number of unbranched alkanes of at least 4 members (excludes halogenated alkanes) is 2. The highest BCUT2D eigenvalue weighted by Crippen LogP contribution is 2.21. The Labute approximate surface area is 166 Å². The number of halogens is 1. The number of nitrogens with zero attached hydrogens (tertiary/aromatic N) is 2. The van der Waals surface area contributed by atoms with E-state index in [1.165, 1.54) is 4.68 Å². The van der Waals surface area contributed by atoms with Crippen LogP contribution in [0.1, 0.15) is 61.3 Å². The first kappa shape index (κ1) is 21.5. The summed E-state index contributed by atoms with van der Waals surface area (Å²) >= 11 is 0. The van der Waals surface area contributed by atoms with E-state index in [1.54, 1.807) is 31.3 Å². The lowest BCUT2D eigenvalue weighted by atomic mass is 10.2. The molecule has 5 nitrogen and oxygen atoms in total. The van der Waals surface area contributed by atoms with Crippen molar-refractivity contribution < 1.29 is 13.9 Å². The van der Waals surface area contributed by atoms with Gasteiger partial charge in [0.2, 0.25) is 0 Å². The van der Waals surface area contributed by atoms with Crippen molar-refractivity contribution in [1.82, 2.24) is 15.1 Å². The molecule has 2 aromatic rings. The van der Waals surface area contributed by atoms with E-state index >= 15 is 0 Å². The molecule has 0 saturated carbocycles. The first-order chi connectivity index (χ1) is 13.6. The van der Waals surface area contributed by atoms with Gasteiger partial charge in [-0.3, -0.25) is 9.48 Å². The van der Waals surface area contributed by atoms with Crippen molar-refractivity contribution in [3.8, 4) is 17.6 Å². The normalized spacial score (nSPS) is 10.3. The van der Waals surface area contributed by atoms with E-state index in [9.17, 15) is 9.18 Å². The fraction of sp³-hybridized carbons (Fsp3) is 0.455. The molecule has 0 saturated heterocycles. The van der Waals surface area contributed by atoms with Gasteiger partial charge in [0.05, 0.1) is 12.3 Å². The summed E-state index contributed by atoms with van der Waals surface area (Å²) in [5.74, 6) is 5.59. The molecule has 0 aliphatic rings. The second-order valence-electron chi connectivity index (χ2n) is 6.42. The number of aryl methyl sites for hydroxylation is 2. The maximum Gasteiger partial charge on any atom is 0.269 e. The highest BCUT2D eigenvalue weighted by Gasteiger charge is 2.14.